The number of nitrogens with zero attached hydrogens (tertiary/aromatic N) is 2. The molecule has 1 aliphatic rings. The molecular formula is C10H14N4S. The van der Waals surface area contributed by atoms with Crippen molar-refractivity contribution in [2.45, 2.75) is 19.8 Å². The number of nitrogens with one attached hydrogen (secondary N) is 1. The van der Waals surface area contributed by atoms with Gasteiger partial charge in [0.05, 0.1) is 0 Å². The standard InChI is InChI=1S/C10H14N4S/c1-6(7-2-3-7)5-13-10-8(4-11)9(12)14-15-10/h6-7,13H,2-3,5H2,1H3,(H2,12,14). The van der Waals surface area contributed by atoms with Gasteiger partial charge in [0.1, 0.15) is 16.6 Å². The van der Waals surface area contributed by atoms with Gasteiger partial charge in [0.15, 0.2) is 5.82 Å². The zero-order chi connectivity index (χ0) is 10.8. The van der Waals surface area contributed by atoms with E-state index in [2.05, 4.69) is 22.7 Å². The number of nitrogens with two attached hydrogens (primary N) is 1. The van der Waals surface area contributed by atoms with Crippen LogP contribution in [0.4, 0.5) is 10.8 Å². The minimum atomic E-state index is 0.337. The Morgan fingerprint density at radius 1 is 1.73 bits per heavy atom. The quantitative estimate of drug-likeness (QED) is 0.817. The van der Waals surface area contributed by atoms with E-state index in [9.17, 15) is 0 Å². The lowest BCUT2D eigenvalue weighted by atomic mass is 10.1. The highest BCUT2D eigenvalue weighted by Crippen LogP contribution is 2.37. The van der Waals surface area contributed by atoms with Crippen molar-refractivity contribution in [2.75, 3.05) is 17.6 Å². The van der Waals surface area contributed by atoms with Crippen molar-refractivity contribution in [2.24, 2.45) is 11.8 Å². The van der Waals surface area contributed by atoms with Gasteiger partial charge in [-0.2, -0.15) is 9.64 Å². The summed E-state index contributed by atoms with van der Waals surface area (Å²) in [6, 6.07) is 2.07. The predicted molar refractivity (Wildman–Crippen MR) is 61.6 cm³/mol. The fourth-order valence-corrected chi connectivity index (χ4v) is 2.29. The van der Waals surface area contributed by atoms with Crippen LogP contribution in [0.2, 0.25) is 0 Å². The van der Waals surface area contributed by atoms with Crippen molar-refractivity contribution < 1.29 is 0 Å². The second-order valence-electron chi connectivity index (χ2n) is 4.08. The Labute approximate surface area is 93.3 Å². The number of hydrogen-bond acceptors (Lipinski definition) is 5. The average Bonchev–Trinajstić information content (AvgIpc) is 3.00. The largest absolute Gasteiger partial charge is 0.382 e. The second kappa shape index (κ2) is 4.07. The van der Waals surface area contributed by atoms with Gasteiger partial charge < -0.3 is 11.1 Å². The lowest BCUT2D eigenvalue weighted by Gasteiger charge is -2.10. The van der Waals surface area contributed by atoms with Crippen molar-refractivity contribution in [1.29, 1.82) is 5.26 Å². The molecular weight excluding hydrogens is 208 g/mol. The molecule has 80 valence electrons. The Morgan fingerprint density at radius 2 is 2.47 bits per heavy atom. The van der Waals surface area contributed by atoms with Crippen molar-refractivity contribution >= 4 is 22.4 Å². The van der Waals surface area contributed by atoms with Gasteiger partial charge in [0.2, 0.25) is 0 Å². The fourth-order valence-electron chi connectivity index (χ4n) is 1.62. The Bertz CT molecular complexity index is 389. The average molecular weight is 222 g/mol. The first-order valence-corrected chi connectivity index (χ1v) is 5.88. The van der Waals surface area contributed by atoms with E-state index in [-0.39, 0.29) is 0 Å². The van der Waals surface area contributed by atoms with Crippen LogP contribution in [0.15, 0.2) is 0 Å². The van der Waals surface area contributed by atoms with Gasteiger partial charge in [-0.05, 0) is 36.2 Å². The van der Waals surface area contributed by atoms with Gasteiger partial charge in [-0.25, -0.2) is 0 Å². The monoisotopic (exact) mass is 222 g/mol. The topological polar surface area (TPSA) is 74.7 Å². The molecule has 0 bridgehead atoms. The number of rotatable bonds is 4. The molecule has 1 aliphatic carbocycles. The molecule has 5 heteroatoms. The zero-order valence-corrected chi connectivity index (χ0v) is 9.47. The molecule has 1 unspecified atom stereocenters. The van der Waals surface area contributed by atoms with Crippen LogP contribution in [0.25, 0.3) is 0 Å². The highest BCUT2D eigenvalue weighted by Gasteiger charge is 2.27. The molecule has 0 amide bonds. The number of aromatic nitrogens is 1. The maximum absolute atomic E-state index is 8.87. The summed E-state index contributed by atoms with van der Waals surface area (Å²) in [6.45, 7) is 3.14. The molecule has 0 saturated heterocycles. The minimum Gasteiger partial charge on any atom is -0.382 e. The lowest BCUT2D eigenvalue weighted by molar-refractivity contribution is 0.537. The summed E-state index contributed by atoms with van der Waals surface area (Å²) in [6.07, 6.45) is 2.69. The molecule has 1 aromatic rings. The fraction of sp³-hybridized carbons (Fsp3) is 0.600. The number of hydrogen-bond donors (Lipinski definition) is 2. The third-order valence-corrected chi connectivity index (χ3v) is 3.66. The van der Waals surface area contributed by atoms with E-state index >= 15 is 0 Å². The summed E-state index contributed by atoms with van der Waals surface area (Å²) in [5, 5.41) is 12.9. The first-order chi connectivity index (χ1) is 7.22. The Kier molecular flexibility index (Phi) is 2.78. The van der Waals surface area contributed by atoms with Crippen LogP contribution < -0.4 is 11.1 Å². The number of anilines is 2. The van der Waals surface area contributed by atoms with Gasteiger partial charge in [-0.15, -0.1) is 0 Å². The van der Waals surface area contributed by atoms with E-state index < -0.39 is 0 Å². The molecule has 0 spiro atoms. The van der Waals surface area contributed by atoms with Crippen LogP contribution in [0.5, 0.6) is 0 Å². The zero-order valence-electron chi connectivity index (χ0n) is 8.66. The van der Waals surface area contributed by atoms with Crippen molar-refractivity contribution in [3.63, 3.8) is 0 Å². The summed E-state index contributed by atoms with van der Waals surface area (Å²) < 4.78 is 3.96. The van der Waals surface area contributed by atoms with Crippen LogP contribution in [0.3, 0.4) is 0 Å². The molecule has 1 saturated carbocycles. The van der Waals surface area contributed by atoms with Crippen LogP contribution >= 0.6 is 11.5 Å². The SMILES string of the molecule is CC(CNc1snc(N)c1C#N)C1CC1. The number of nitrogen functional groups attached to an aromatic ring is 1. The number of nitriles is 1. The summed E-state index contributed by atoms with van der Waals surface area (Å²) >= 11 is 1.27. The molecule has 4 nitrogen and oxygen atoms in total. The van der Waals surface area contributed by atoms with Gasteiger partial charge in [0.25, 0.3) is 0 Å². The molecule has 3 N–H and O–H groups in total. The molecule has 1 heterocycles. The second-order valence-corrected chi connectivity index (χ2v) is 4.85. The molecule has 0 radical (unpaired) electrons. The Hall–Kier alpha value is -1.28. The third kappa shape index (κ3) is 2.21. The molecule has 1 fully saturated rings. The van der Waals surface area contributed by atoms with Gasteiger partial charge >= 0.3 is 0 Å². The van der Waals surface area contributed by atoms with E-state index in [0.29, 0.717) is 17.3 Å². The van der Waals surface area contributed by atoms with E-state index in [1.54, 1.807) is 0 Å². The van der Waals surface area contributed by atoms with Crippen LogP contribution in [-0.4, -0.2) is 10.9 Å². The van der Waals surface area contributed by atoms with Gasteiger partial charge in [0, 0.05) is 6.54 Å². The molecule has 1 atom stereocenters. The predicted octanol–water partition coefficient (Wildman–Crippen LogP) is 2.05. The highest BCUT2D eigenvalue weighted by atomic mass is 32.1. The lowest BCUT2D eigenvalue weighted by Crippen LogP contribution is -2.12. The van der Waals surface area contributed by atoms with E-state index in [1.807, 2.05) is 0 Å². The smallest absolute Gasteiger partial charge is 0.157 e. The first-order valence-electron chi connectivity index (χ1n) is 5.11. The van der Waals surface area contributed by atoms with Gasteiger partial charge in [-0.3, -0.25) is 0 Å². The molecule has 0 aliphatic heterocycles. The van der Waals surface area contributed by atoms with E-state index in [4.69, 9.17) is 11.0 Å². The van der Waals surface area contributed by atoms with Crippen LogP contribution in [0.1, 0.15) is 25.3 Å². The van der Waals surface area contributed by atoms with E-state index in [0.717, 1.165) is 17.5 Å². The molecule has 1 aromatic heterocycles. The van der Waals surface area contributed by atoms with Gasteiger partial charge in [-0.1, -0.05) is 6.92 Å². The van der Waals surface area contributed by atoms with Crippen molar-refractivity contribution in [1.82, 2.24) is 4.37 Å². The Balaban J connectivity index is 1.95. The maximum atomic E-state index is 8.87. The summed E-state index contributed by atoms with van der Waals surface area (Å²) in [5.41, 5.74) is 6.06. The summed E-state index contributed by atoms with van der Waals surface area (Å²) in [7, 11) is 0. The highest BCUT2D eigenvalue weighted by molar-refractivity contribution is 7.10. The Morgan fingerprint density at radius 3 is 3.07 bits per heavy atom. The van der Waals surface area contributed by atoms with Crippen molar-refractivity contribution in [3.8, 4) is 6.07 Å². The first kappa shape index (κ1) is 10.2. The maximum Gasteiger partial charge on any atom is 0.157 e. The molecule has 2 rings (SSSR count). The molecule has 0 aromatic carbocycles. The van der Waals surface area contributed by atoms with Crippen LogP contribution in [0, 0.1) is 23.2 Å². The van der Waals surface area contributed by atoms with E-state index in [1.165, 1.54) is 24.4 Å². The molecule has 15 heavy (non-hydrogen) atoms. The summed E-state index contributed by atoms with van der Waals surface area (Å²) in [4.78, 5) is 0. The minimum absolute atomic E-state index is 0.337. The third-order valence-electron chi connectivity index (χ3n) is 2.84. The summed E-state index contributed by atoms with van der Waals surface area (Å²) in [5.74, 6) is 1.87. The van der Waals surface area contributed by atoms with Crippen LogP contribution in [-0.2, 0) is 0 Å². The normalized spacial score (nSPS) is 17.1. The van der Waals surface area contributed by atoms with Crippen molar-refractivity contribution in [3.05, 3.63) is 5.56 Å².